The van der Waals surface area contributed by atoms with Crippen LogP contribution in [0.5, 0.6) is 0 Å². The Morgan fingerprint density at radius 2 is 1.95 bits per heavy atom. The molecule has 22 heavy (non-hydrogen) atoms. The first-order chi connectivity index (χ1) is 10.4. The fraction of sp³-hybridized carbons (Fsp3) is 0.188. The monoisotopic (exact) mass is 319 g/mol. The smallest absolute Gasteiger partial charge is 0.310 e. The molecule has 0 bridgehead atoms. The van der Waals surface area contributed by atoms with Crippen LogP contribution in [-0.4, -0.2) is 18.4 Å². The van der Waals surface area contributed by atoms with Crippen LogP contribution < -0.4 is 0 Å². The van der Waals surface area contributed by atoms with Gasteiger partial charge in [-0.25, -0.2) is 12.4 Å². The maximum Gasteiger partial charge on any atom is 0.310 e. The van der Waals surface area contributed by atoms with Gasteiger partial charge in [0, 0.05) is 6.20 Å². The molecular formula is C16H17NO4S. The topological polar surface area (TPSA) is 65.4 Å². The molecule has 6 heteroatoms. The van der Waals surface area contributed by atoms with Crippen LogP contribution in [0.3, 0.4) is 0 Å². The van der Waals surface area contributed by atoms with Crippen molar-refractivity contribution in [1.29, 1.82) is 0 Å². The molecule has 2 rings (SSSR count). The number of aromatic nitrogens is 1. The van der Waals surface area contributed by atoms with Gasteiger partial charge < -0.3 is 4.74 Å². The second kappa shape index (κ2) is 6.62. The van der Waals surface area contributed by atoms with E-state index in [1.54, 1.807) is 36.4 Å². The van der Waals surface area contributed by atoms with Crippen LogP contribution in [-0.2, 0) is 26.2 Å². The third kappa shape index (κ3) is 3.46. The lowest BCUT2D eigenvalue weighted by Gasteiger charge is -2.11. The summed E-state index contributed by atoms with van der Waals surface area (Å²) in [6.07, 6.45) is 2.96. The van der Waals surface area contributed by atoms with Crippen LogP contribution in [0.4, 0.5) is 0 Å². The Hall–Kier alpha value is -2.34. The Morgan fingerprint density at radius 3 is 2.59 bits per heavy atom. The fourth-order valence-corrected chi connectivity index (χ4v) is 3.26. The number of benzene rings is 1. The molecule has 1 aromatic heterocycles. The van der Waals surface area contributed by atoms with E-state index in [0.717, 1.165) is 9.54 Å². The molecule has 0 saturated heterocycles. The number of nitrogens with zero attached hydrogens (tertiary/aromatic N) is 1. The van der Waals surface area contributed by atoms with E-state index in [-0.39, 0.29) is 17.9 Å². The van der Waals surface area contributed by atoms with E-state index in [1.165, 1.54) is 12.3 Å². The van der Waals surface area contributed by atoms with Crippen LogP contribution in [0.2, 0.25) is 0 Å². The molecule has 116 valence electrons. The zero-order chi connectivity index (χ0) is 16.2. The zero-order valence-corrected chi connectivity index (χ0v) is 13.0. The summed E-state index contributed by atoms with van der Waals surface area (Å²) in [5.74, 6) is -0.449. The standard InChI is InChI=1S/C16H17NO4S/c1-3-5-16(18)21-12-14-6-4-11-17(14)22(19,20)15-9-7-13(2)8-10-15/h3-4,6-11H,1,5,12H2,2H3. The van der Waals surface area contributed by atoms with Gasteiger partial charge >= 0.3 is 5.97 Å². The number of rotatable bonds is 6. The maximum absolute atomic E-state index is 12.6. The molecule has 0 unspecified atom stereocenters. The van der Waals surface area contributed by atoms with Crippen molar-refractivity contribution in [2.45, 2.75) is 24.8 Å². The van der Waals surface area contributed by atoms with Crippen LogP contribution in [0.25, 0.3) is 0 Å². The Bertz CT molecular complexity index is 773. The van der Waals surface area contributed by atoms with Crippen molar-refractivity contribution in [1.82, 2.24) is 3.97 Å². The van der Waals surface area contributed by atoms with Gasteiger partial charge in [-0.05, 0) is 31.2 Å². The van der Waals surface area contributed by atoms with E-state index in [0.29, 0.717) is 5.69 Å². The highest BCUT2D eigenvalue weighted by molar-refractivity contribution is 7.90. The molecule has 0 amide bonds. The summed E-state index contributed by atoms with van der Waals surface area (Å²) in [6, 6.07) is 9.78. The van der Waals surface area contributed by atoms with E-state index >= 15 is 0 Å². The lowest BCUT2D eigenvalue weighted by atomic mass is 10.2. The van der Waals surface area contributed by atoms with Crippen molar-refractivity contribution < 1.29 is 17.9 Å². The van der Waals surface area contributed by atoms with Crippen LogP contribution in [0.15, 0.2) is 60.1 Å². The number of carbonyl (C=O) groups excluding carboxylic acids is 1. The molecule has 0 aliphatic rings. The second-order valence-electron chi connectivity index (χ2n) is 4.77. The predicted octanol–water partition coefficient (Wildman–Crippen LogP) is 2.65. The molecule has 5 nitrogen and oxygen atoms in total. The first kappa shape index (κ1) is 16.0. The Morgan fingerprint density at radius 1 is 1.27 bits per heavy atom. The number of carbonyl (C=O) groups is 1. The summed E-state index contributed by atoms with van der Waals surface area (Å²) in [6.45, 7) is 5.23. The third-order valence-corrected chi connectivity index (χ3v) is 4.80. The van der Waals surface area contributed by atoms with Crippen molar-refractivity contribution in [3.05, 3.63) is 66.5 Å². The molecule has 0 spiro atoms. The molecule has 0 fully saturated rings. The molecule has 0 aliphatic carbocycles. The number of hydrogen-bond acceptors (Lipinski definition) is 4. The van der Waals surface area contributed by atoms with Crippen molar-refractivity contribution in [2.75, 3.05) is 0 Å². The fourth-order valence-electron chi connectivity index (χ4n) is 1.90. The highest BCUT2D eigenvalue weighted by Gasteiger charge is 2.19. The number of esters is 1. The summed E-state index contributed by atoms with van der Waals surface area (Å²) >= 11 is 0. The van der Waals surface area contributed by atoms with E-state index in [2.05, 4.69) is 6.58 Å². The van der Waals surface area contributed by atoms with Crippen LogP contribution in [0, 0.1) is 6.92 Å². The largest absolute Gasteiger partial charge is 0.459 e. The quantitative estimate of drug-likeness (QED) is 0.606. The average molecular weight is 319 g/mol. The lowest BCUT2D eigenvalue weighted by Crippen LogP contribution is -2.16. The van der Waals surface area contributed by atoms with Crippen molar-refractivity contribution >= 4 is 16.0 Å². The maximum atomic E-state index is 12.6. The Balaban J connectivity index is 2.26. The van der Waals surface area contributed by atoms with E-state index < -0.39 is 16.0 Å². The van der Waals surface area contributed by atoms with Crippen molar-refractivity contribution in [3.8, 4) is 0 Å². The third-order valence-electron chi connectivity index (χ3n) is 3.06. The minimum absolute atomic E-state index is 0.0887. The molecular weight excluding hydrogens is 302 g/mol. The van der Waals surface area contributed by atoms with E-state index in [1.807, 2.05) is 6.92 Å². The van der Waals surface area contributed by atoms with Gasteiger partial charge in [-0.3, -0.25) is 4.79 Å². The SMILES string of the molecule is C=CCC(=O)OCc1cccn1S(=O)(=O)c1ccc(C)cc1. The van der Waals surface area contributed by atoms with Gasteiger partial charge in [0.05, 0.1) is 17.0 Å². The predicted molar refractivity (Wildman–Crippen MR) is 82.8 cm³/mol. The Labute approximate surface area is 129 Å². The number of hydrogen-bond donors (Lipinski definition) is 0. The molecule has 2 aromatic rings. The first-order valence-corrected chi connectivity index (χ1v) is 8.14. The summed E-state index contributed by atoms with van der Waals surface area (Å²) < 4.78 is 31.4. The van der Waals surface area contributed by atoms with Gasteiger partial charge in [-0.2, -0.15) is 0 Å². The molecule has 0 saturated carbocycles. The second-order valence-corrected chi connectivity index (χ2v) is 6.58. The average Bonchev–Trinajstić information content (AvgIpc) is 2.95. The van der Waals surface area contributed by atoms with Gasteiger partial charge in [0.15, 0.2) is 0 Å². The van der Waals surface area contributed by atoms with E-state index in [4.69, 9.17) is 4.74 Å². The molecule has 0 N–H and O–H groups in total. The minimum atomic E-state index is -3.70. The van der Waals surface area contributed by atoms with Gasteiger partial charge in [-0.1, -0.05) is 23.8 Å². The minimum Gasteiger partial charge on any atom is -0.459 e. The molecule has 0 aliphatic heterocycles. The zero-order valence-electron chi connectivity index (χ0n) is 12.2. The lowest BCUT2D eigenvalue weighted by molar-refractivity contribution is -0.144. The summed E-state index contributed by atoms with van der Waals surface area (Å²) in [5.41, 5.74) is 1.36. The van der Waals surface area contributed by atoms with Crippen molar-refractivity contribution in [3.63, 3.8) is 0 Å². The first-order valence-electron chi connectivity index (χ1n) is 6.70. The van der Waals surface area contributed by atoms with Crippen LogP contribution >= 0.6 is 0 Å². The summed E-state index contributed by atoms with van der Waals surface area (Å²) in [5, 5.41) is 0. The van der Waals surface area contributed by atoms with Crippen LogP contribution in [0.1, 0.15) is 17.7 Å². The number of ether oxygens (including phenoxy) is 1. The van der Waals surface area contributed by atoms with E-state index in [9.17, 15) is 13.2 Å². The number of aryl methyl sites for hydroxylation is 1. The molecule has 1 aromatic carbocycles. The van der Waals surface area contributed by atoms with Crippen molar-refractivity contribution in [2.24, 2.45) is 0 Å². The molecule has 1 heterocycles. The Kier molecular flexibility index (Phi) is 4.82. The summed E-state index contributed by atoms with van der Waals surface area (Å²) in [7, 11) is -3.70. The molecule has 0 atom stereocenters. The summed E-state index contributed by atoms with van der Waals surface area (Å²) in [4.78, 5) is 11.5. The highest BCUT2D eigenvalue weighted by atomic mass is 32.2. The molecule has 0 radical (unpaired) electrons. The van der Waals surface area contributed by atoms with Gasteiger partial charge in [0.1, 0.15) is 6.61 Å². The van der Waals surface area contributed by atoms with Gasteiger partial charge in [-0.15, -0.1) is 6.58 Å². The normalized spacial score (nSPS) is 11.1. The highest BCUT2D eigenvalue weighted by Crippen LogP contribution is 2.18. The van der Waals surface area contributed by atoms with Gasteiger partial charge in [0.2, 0.25) is 0 Å². The van der Waals surface area contributed by atoms with Gasteiger partial charge in [0.25, 0.3) is 10.0 Å².